The first-order valence-corrected chi connectivity index (χ1v) is 7.24. The number of amides is 1. The van der Waals surface area contributed by atoms with Gasteiger partial charge in [-0.3, -0.25) is 4.79 Å². The van der Waals surface area contributed by atoms with E-state index in [1.807, 2.05) is 0 Å². The minimum atomic E-state index is -0.0968. The molecule has 1 aliphatic carbocycles. The molecule has 2 rings (SSSR count). The van der Waals surface area contributed by atoms with Crippen LogP contribution < -0.4 is 15.8 Å². The first-order valence-electron chi connectivity index (χ1n) is 7.24. The third-order valence-electron chi connectivity index (χ3n) is 4.01. The van der Waals surface area contributed by atoms with Gasteiger partial charge in [0.2, 0.25) is 0 Å². The zero-order chi connectivity index (χ0) is 14.7. The lowest BCUT2D eigenvalue weighted by atomic mass is 9.80. The Hall–Kier alpha value is -1.71. The molecule has 0 saturated heterocycles. The molecule has 0 radical (unpaired) electrons. The summed E-state index contributed by atoms with van der Waals surface area (Å²) in [6.45, 7) is 4.49. The average Bonchev–Trinajstić information content (AvgIpc) is 2.37. The van der Waals surface area contributed by atoms with Crippen LogP contribution in [0, 0.1) is 11.8 Å². The number of nitrogen functional groups attached to an aromatic ring is 1. The fourth-order valence-electron chi connectivity index (χ4n) is 3.29. The minimum absolute atomic E-state index is 0.0968. The molecule has 1 aromatic carbocycles. The summed E-state index contributed by atoms with van der Waals surface area (Å²) in [5.74, 6) is 1.68. The normalized spacial score (nSPS) is 26.1. The Morgan fingerprint density at radius 1 is 1.25 bits per heavy atom. The van der Waals surface area contributed by atoms with Crippen LogP contribution in [-0.2, 0) is 0 Å². The zero-order valence-electron chi connectivity index (χ0n) is 12.5. The summed E-state index contributed by atoms with van der Waals surface area (Å²) >= 11 is 0. The quantitative estimate of drug-likeness (QED) is 0.834. The number of hydrogen-bond acceptors (Lipinski definition) is 3. The van der Waals surface area contributed by atoms with Crippen LogP contribution >= 0.6 is 0 Å². The summed E-state index contributed by atoms with van der Waals surface area (Å²) in [4.78, 5) is 12.4. The van der Waals surface area contributed by atoms with Gasteiger partial charge in [0.25, 0.3) is 5.91 Å². The van der Waals surface area contributed by atoms with Crippen molar-refractivity contribution in [2.24, 2.45) is 11.8 Å². The molecule has 2 unspecified atom stereocenters. The number of nitrogens with one attached hydrogen (secondary N) is 1. The fraction of sp³-hybridized carbons (Fsp3) is 0.562. The summed E-state index contributed by atoms with van der Waals surface area (Å²) in [5.41, 5.74) is 6.85. The summed E-state index contributed by atoms with van der Waals surface area (Å²) in [6.07, 6.45) is 3.33. The van der Waals surface area contributed by atoms with Crippen LogP contribution in [0.2, 0.25) is 0 Å². The number of para-hydroxylation sites is 1. The second kappa shape index (κ2) is 6.16. The van der Waals surface area contributed by atoms with Gasteiger partial charge >= 0.3 is 0 Å². The van der Waals surface area contributed by atoms with Gasteiger partial charge in [0.1, 0.15) is 0 Å². The van der Waals surface area contributed by atoms with Crippen LogP contribution in [0.5, 0.6) is 5.75 Å². The predicted molar refractivity (Wildman–Crippen MR) is 80.8 cm³/mol. The van der Waals surface area contributed by atoms with Gasteiger partial charge in [-0.15, -0.1) is 0 Å². The van der Waals surface area contributed by atoms with Crippen LogP contribution in [-0.4, -0.2) is 19.1 Å². The molecule has 1 aliphatic rings. The number of carbonyl (C=O) groups is 1. The third-order valence-corrected chi connectivity index (χ3v) is 4.01. The van der Waals surface area contributed by atoms with Gasteiger partial charge in [-0.25, -0.2) is 0 Å². The smallest absolute Gasteiger partial charge is 0.255 e. The van der Waals surface area contributed by atoms with Crippen molar-refractivity contribution >= 4 is 11.6 Å². The lowest BCUT2D eigenvalue weighted by Gasteiger charge is -2.32. The van der Waals surface area contributed by atoms with E-state index in [0.29, 0.717) is 28.8 Å². The highest BCUT2D eigenvalue weighted by Gasteiger charge is 2.26. The maximum absolute atomic E-state index is 12.4. The lowest BCUT2D eigenvalue weighted by molar-refractivity contribution is 0.0908. The van der Waals surface area contributed by atoms with E-state index in [4.69, 9.17) is 10.5 Å². The molecule has 4 heteroatoms. The number of rotatable bonds is 3. The molecule has 0 spiro atoms. The number of anilines is 1. The van der Waals surface area contributed by atoms with Crippen LogP contribution in [0.4, 0.5) is 5.69 Å². The molecule has 0 heterocycles. The largest absolute Gasteiger partial charge is 0.494 e. The van der Waals surface area contributed by atoms with E-state index in [2.05, 4.69) is 19.2 Å². The number of ether oxygens (including phenoxy) is 1. The minimum Gasteiger partial charge on any atom is -0.494 e. The van der Waals surface area contributed by atoms with Crippen molar-refractivity contribution in [1.29, 1.82) is 0 Å². The van der Waals surface area contributed by atoms with Gasteiger partial charge in [-0.05, 0) is 43.2 Å². The van der Waals surface area contributed by atoms with Crippen LogP contribution in [0.25, 0.3) is 0 Å². The Morgan fingerprint density at radius 2 is 1.90 bits per heavy atom. The van der Waals surface area contributed by atoms with Crippen molar-refractivity contribution in [3.63, 3.8) is 0 Å². The number of hydrogen-bond donors (Lipinski definition) is 2. The summed E-state index contributed by atoms with van der Waals surface area (Å²) in [5, 5.41) is 3.12. The van der Waals surface area contributed by atoms with Crippen molar-refractivity contribution in [3.05, 3.63) is 23.8 Å². The van der Waals surface area contributed by atoms with E-state index in [1.54, 1.807) is 18.2 Å². The number of methoxy groups -OCH3 is 1. The molecular formula is C16H24N2O2. The van der Waals surface area contributed by atoms with E-state index in [-0.39, 0.29) is 11.9 Å². The van der Waals surface area contributed by atoms with Gasteiger partial charge in [-0.1, -0.05) is 19.9 Å². The maximum Gasteiger partial charge on any atom is 0.255 e. The van der Waals surface area contributed by atoms with Gasteiger partial charge in [-0.2, -0.15) is 0 Å². The Morgan fingerprint density at radius 3 is 2.50 bits per heavy atom. The van der Waals surface area contributed by atoms with Crippen molar-refractivity contribution in [2.75, 3.05) is 12.8 Å². The Balaban J connectivity index is 2.10. The van der Waals surface area contributed by atoms with Crippen LogP contribution in [0.1, 0.15) is 43.5 Å². The highest BCUT2D eigenvalue weighted by molar-refractivity contribution is 5.98. The van der Waals surface area contributed by atoms with Crippen LogP contribution in [0.3, 0.4) is 0 Å². The second-order valence-electron chi connectivity index (χ2n) is 6.02. The average molecular weight is 276 g/mol. The molecule has 1 fully saturated rings. The number of benzene rings is 1. The molecule has 1 aromatic rings. The molecule has 1 amide bonds. The number of carbonyl (C=O) groups excluding carboxylic acids is 1. The molecule has 110 valence electrons. The SMILES string of the molecule is COc1c(N)cccc1C(=O)NC1CC(C)CC(C)C1. The van der Waals surface area contributed by atoms with Gasteiger partial charge in [0, 0.05) is 6.04 Å². The molecule has 0 aromatic heterocycles. The monoisotopic (exact) mass is 276 g/mol. The van der Waals surface area contributed by atoms with E-state index < -0.39 is 0 Å². The van der Waals surface area contributed by atoms with Gasteiger partial charge < -0.3 is 15.8 Å². The third kappa shape index (κ3) is 3.24. The second-order valence-corrected chi connectivity index (χ2v) is 6.02. The molecule has 3 N–H and O–H groups in total. The standard InChI is InChI=1S/C16H24N2O2/c1-10-7-11(2)9-12(8-10)18-16(19)13-5-4-6-14(17)15(13)20-3/h4-6,10-12H,7-9,17H2,1-3H3,(H,18,19). The Kier molecular flexibility index (Phi) is 4.53. The van der Waals surface area contributed by atoms with Gasteiger partial charge in [0.05, 0.1) is 18.4 Å². The van der Waals surface area contributed by atoms with Crippen molar-refractivity contribution in [3.8, 4) is 5.75 Å². The molecule has 1 saturated carbocycles. The maximum atomic E-state index is 12.4. The molecule has 0 bridgehead atoms. The molecule has 4 nitrogen and oxygen atoms in total. The molecule has 20 heavy (non-hydrogen) atoms. The summed E-state index contributed by atoms with van der Waals surface area (Å²) < 4.78 is 5.24. The number of nitrogens with two attached hydrogens (primary N) is 1. The van der Waals surface area contributed by atoms with Crippen LogP contribution in [0.15, 0.2) is 18.2 Å². The topological polar surface area (TPSA) is 64.3 Å². The molecular weight excluding hydrogens is 252 g/mol. The van der Waals surface area contributed by atoms with E-state index >= 15 is 0 Å². The molecule has 0 aliphatic heterocycles. The Bertz CT molecular complexity index is 477. The van der Waals surface area contributed by atoms with Crippen molar-refractivity contribution < 1.29 is 9.53 Å². The highest BCUT2D eigenvalue weighted by atomic mass is 16.5. The zero-order valence-corrected chi connectivity index (χ0v) is 12.5. The summed E-state index contributed by atoms with van der Waals surface area (Å²) in [7, 11) is 1.53. The van der Waals surface area contributed by atoms with Crippen molar-refractivity contribution in [2.45, 2.75) is 39.2 Å². The van der Waals surface area contributed by atoms with E-state index in [9.17, 15) is 4.79 Å². The lowest BCUT2D eigenvalue weighted by Crippen LogP contribution is -2.40. The predicted octanol–water partition coefficient (Wildman–Crippen LogP) is 2.83. The summed E-state index contributed by atoms with van der Waals surface area (Å²) in [6, 6.07) is 5.51. The highest BCUT2D eigenvalue weighted by Crippen LogP contribution is 2.30. The first kappa shape index (κ1) is 14.7. The van der Waals surface area contributed by atoms with Gasteiger partial charge in [0.15, 0.2) is 5.75 Å². The first-order chi connectivity index (χ1) is 9.51. The molecule has 2 atom stereocenters. The van der Waals surface area contributed by atoms with E-state index in [0.717, 1.165) is 12.8 Å². The Labute approximate surface area is 120 Å². The van der Waals surface area contributed by atoms with Crippen molar-refractivity contribution in [1.82, 2.24) is 5.32 Å². The fourth-order valence-corrected chi connectivity index (χ4v) is 3.29. The van der Waals surface area contributed by atoms with E-state index in [1.165, 1.54) is 13.5 Å².